The molecule has 1 unspecified atom stereocenters. The maximum atomic E-state index is 12.1. The van der Waals surface area contributed by atoms with Gasteiger partial charge in [0.25, 0.3) is 0 Å². The van der Waals surface area contributed by atoms with E-state index < -0.39 is 0 Å². The maximum Gasteiger partial charge on any atom is 0.323 e. The van der Waals surface area contributed by atoms with Gasteiger partial charge in [-0.3, -0.25) is 9.69 Å². The lowest BCUT2D eigenvalue weighted by Gasteiger charge is -2.23. The minimum atomic E-state index is -0.246. The highest BCUT2D eigenvalue weighted by Gasteiger charge is 2.29. The van der Waals surface area contributed by atoms with Crippen molar-refractivity contribution in [3.8, 4) is 11.5 Å². The molecule has 1 aromatic carbocycles. The van der Waals surface area contributed by atoms with Crippen molar-refractivity contribution in [1.82, 2.24) is 4.90 Å². The van der Waals surface area contributed by atoms with Crippen LogP contribution in [0.1, 0.15) is 18.1 Å². The van der Waals surface area contributed by atoms with Crippen LogP contribution in [0.25, 0.3) is 0 Å². The Balaban J connectivity index is 2.34. The first-order valence-corrected chi connectivity index (χ1v) is 7.21. The Kier molecular flexibility index (Phi) is 5.07. The fraction of sp³-hybridized carbons (Fsp3) is 0.562. The van der Waals surface area contributed by atoms with E-state index in [2.05, 4.69) is 4.90 Å². The van der Waals surface area contributed by atoms with Gasteiger partial charge in [0, 0.05) is 6.54 Å². The van der Waals surface area contributed by atoms with Crippen LogP contribution < -0.4 is 9.47 Å². The van der Waals surface area contributed by atoms with Gasteiger partial charge in [-0.2, -0.15) is 0 Å². The summed E-state index contributed by atoms with van der Waals surface area (Å²) in [6, 6.07) is 3.74. The van der Waals surface area contributed by atoms with E-state index in [0.717, 1.165) is 24.3 Å². The lowest BCUT2D eigenvalue weighted by molar-refractivity contribution is -0.148. The van der Waals surface area contributed by atoms with Gasteiger partial charge in [-0.15, -0.1) is 0 Å². The normalized spacial score (nSPS) is 18.6. The molecule has 1 aliphatic heterocycles. The number of methoxy groups -OCH3 is 2. The van der Waals surface area contributed by atoms with Gasteiger partial charge in [-0.05, 0) is 50.1 Å². The highest BCUT2D eigenvalue weighted by atomic mass is 16.5. The van der Waals surface area contributed by atoms with Gasteiger partial charge in [0.2, 0.25) is 0 Å². The zero-order chi connectivity index (χ0) is 15.4. The molecule has 116 valence electrons. The number of likely N-dealkylation sites (N-methyl/N-ethyl adjacent to an activating group) is 1. The predicted octanol–water partition coefficient (Wildman–Crippen LogP) is 1.67. The third kappa shape index (κ3) is 3.29. The molecule has 0 amide bonds. The number of rotatable bonds is 4. The number of carbonyl (C=O) groups is 1. The molecule has 0 fully saturated rings. The van der Waals surface area contributed by atoms with E-state index in [9.17, 15) is 4.79 Å². The standard InChI is InChI=1S/C16H23NO4/c1-5-21-16(18)13-8-12-10-15(20-4)14(19-3)9-11(12)6-7-17(13)2/h9-10,13H,5-8H2,1-4H3. The van der Waals surface area contributed by atoms with Crippen molar-refractivity contribution >= 4 is 5.97 Å². The molecule has 1 aliphatic rings. The molecule has 0 radical (unpaired) electrons. The van der Waals surface area contributed by atoms with Crippen molar-refractivity contribution in [2.75, 3.05) is 34.4 Å². The van der Waals surface area contributed by atoms with Crippen molar-refractivity contribution in [3.63, 3.8) is 0 Å². The smallest absolute Gasteiger partial charge is 0.323 e. The van der Waals surface area contributed by atoms with Crippen LogP contribution in [0.5, 0.6) is 11.5 Å². The largest absolute Gasteiger partial charge is 0.493 e. The summed E-state index contributed by atoms with van der Waals surface area (Å²) in [4.78, 5) is 14.2. The number of hydrogen-bond donors (Lipinski definition) is 0. The van der Waals surface area contributed by atoms with Crippen LogP contribution >= 0.6 is 0 Å². The molecule has 1 heterocycles. The molecule has 0 aromatic heterocycles. The Morgan fingerprint density at radius 3 is 2.43 bits per heavy atom. The summed E-state index contributed by atoms with van der Waals surface area (Å²) in [5, 5.41) is 0. The number of carbonyl (C=O) groups excluding carboxylic acids is 1. The average molecular weight is 293 g/mol. The quantitative estimate of drug-likeness (QED) is 0.790. The summed E-state index contributed by atoms with van der Waals surface area (Å²) in [6.45, 7) is 3.05. The summed E-state index contributed by atoms with van der Waals surface area (Å²) in [5.74, 6) is 1.26. The molecule has 2 rings (SSSR count). The van der Waals surface area contributed by atoms with Crippen LogP contribution in [0.4, 0.5) is 0 Å². The predicted molar refractivity (Wildman–Crippen MR) is 80.0 cm³/mol. The topological polar surface area (TPSA) is 48.0 Å². The number of benzene rings is 1. The zero-order valence-electron chi connectivity index (χ0n) is 13.1. The van der Waals surface area contributed by atoms with Crippen molar-refractivity contribution < 1.29 is 19.0 Å². The first-order valence-electron chi connectivity index (χ1n) is 7.21. The van der Waals surface area contributed by atoms with Crippen molar-refractivity contribution in [2.45, 2.75) is 25.8 Å². The second kappa shape index (κ2) is 6.80. The average Bonchev–Trinajstić information content (AvgIpc) is 2.65. The van der Waals surface area contributed by atoms with Gasteiger partial charge in [0.05, 0.1) is 20.8 Å². The zero-order valence-corrected chi connectivity index (χ0v) is 13.1. The number of fused-ring (bicyclic) bond motifs is 1. The van der Waals surface area contributed by atoms with E-state index in [0.29, 0.717) is 18.8 Å². The molecule has 1 atom stereocenters. The Hall–Kier alpha value is -1.75. The van der Waals surface area contributed by atoms with Crippen molar-refractivity contribution in [1.29, 1.82) is 0 Å². The van der Waals surface area contributed by atoms with Crippen LogP contribution in [0.2, 0.25) is 0 Å². The van der Waals surface area contributed by atoms with Crippen LogP contribution in [0.3, 0.4) is 0 Å². The summed E-state index contributed by atoms with van der Waals surface area (Å²) in [7, 11) is 5.21. The van der Waals surface area contributed by atoms with Crippen molar-refractivity contribution in [2.24, 2.45) is 0 Å². The van der Waals surface area contributed by atoms with E-state index >= 15 is 0 Å². The number of nitrogens with zero attached hydrogens (tertiary/aromatic N) is 1. The summed E-state index contributed by atoms with van der Waals surface area (Å²) in [6.07, 6.45) is 1.51. The highest BCUT2D eigenvalue weighted by Crippen LogP contribution is 2.33. The fourth-order valence-corrected chi connectivity index (χ4v) is 2.70. The van der Waals surface area contributed by atoms with E-state index in [1.807, 2.05) is 26.1 Å². The van der Waals surface area contributed by atoms with Crippen molar-refractivity contribution in [3.05, 3.63) is 23.3 Å². The van der Waals surface area contributed by atoms with E-state index in [-0.39, 0.29) is 12.0 Å². The second-order valence-electron chi connectivity index (χ2n) is 5.18. The molecule has 0 spiro atoms. The minimum absolute atomic E-state index is 0.164. The molecular weight excluding hydrogens is 270 g/mol. The Morgan fingerprint density at radius 1 is 1.24 bits per heavy atom. The fourth-order valence-electron chi connectivity index (χ4n) is 2.70. The Bertz CT molecular complexity index is 515. The highest BCUT2D eigenvalue weighted by molar-refractivity contribution is 5.76. The van der Waals surface area contributed by atoms with Crippen LogP contribution in [0.15, 0.2) is 12.1 Å². The molecular formula is C16H23NO4. The van der Waals surface area contributed by atoms with E-state index in [4.69, 9.17) is 14.2 Å². The molecule has 0 aliphatic carbocycles. The monoisotopic (exact) mass is 293 g/mol. The molecule has 0 saturated heterocycles. The van der Waals surface area contributed by atoms with Gasteiger partial charge >= 0.3 is 5.97 Å². The number of esters is 1. The first-order chi connectivity index (χ1) is 10.1. The molecule has 1 aromatic rings. The summed E-state index contributed by atoms with van der Waals surface area (Å²) >= 11 is 0. The van der Waals surface area contributed by atoms with E-state index in [1.165, 1.54) is 5.56 Å². The molecule has 0 bridgehead atoms. The van der Waals surface area contributed by atoms with Gasteiger partial charge < -0.3 is 14.2 Å². The Labute approximate surface area is 125 Å². The lowest BCUT2D eigenvalue weighted by atomic mass is 9.99. The SMILES string of the molecule is CCOC(=O)C1Cc2cc(OC)c(OC)cc2CCN1C. The number of ether oxygens (including phenoxy) is 3. The molecule has 5 heteroatoms. The maximum absolute atomic E-state index is 12.1. The first kappa shape index (κ1) is 15.6. The van der Waals surface area contributed by atoms with E-state index in [1.54, 1.807) is 14.2 Å². The van der Waals surface area contributed by atoms with Gasteiger partial charge in [0.1, 0.15) is 6.04 Å². The lowest BCUT2D eigenvalue weighted by Crippen LogP contribution is -2.40. The summed E-state index contributed by atoms with van der Waals surface area (Å²) < 4.78 is 15.9. The third-order valence-corrected chi connectivity index (χ3v) is 3.94. The molecule has 0 N–H and O–H groups in total. The van der Waals surface area contributed by atoms with Crippen LogP contribution in [-0.2, 0) is 22.4 Å². The Morgan fingerprint density at radius 2 is 1.86 bits per heavy atom. The van der Waals surface area contributed by atoms with Gasteiger partial charge in [-0.25, -0.2) is 0 Å². The van der Waals surface area contributed by atoms with Gasteiger partial charge in [0.15, 0.2) is 11.5 Å². The number of hydrogen-bond acceptors (Lipinski definition) is 5. The van der Waals surface area contributed by atoms with Crippen LogP contribution in [-0.4, -0.2) is 51.3 Å². The molecule has 0 saturated carbocycles. The summed E-state index contributed by atoms with van der Waals surface area (Å²) in [5.41, 5.74) is 2.32. The second-order valence-corrected chi connectivity index (χ2v) is 5.18. The third-order valence-electron chi connectivity index (χ3n) is 3.94. The molecule has 21 heavy (non-hydrogen) atoms. The molecule has 5 nitrogen and oxygen atoms in total. The van der Waals surface area contributed by atoms with Gasteiger partial charge in [-0.1, -0.05) is 0 Å². The van der Waals surface area contributed by atoms with Crippen LogP contribution in [0, 0.1) is 0 Å². The minimum Gasteiger partial charge on any atom is -0.493 e.